The molecule has 0 spiro atoms. The van der Waals surface area contributed by atoms with E-state index in [0.717, 1.165) is 29.4 Å². The average molecular weight is 427 g/mol. The quantitative estimate of drug-likeness (QED) is 0.623. The monoisotopic (exact) mass is 426 g/mol. The van der Waals surface area contributed by atoms with Gasteiger partial charge in [-0.25, -0.2) is 23.4 Å². The predicted octanol–water partition coefficient (Wildman–Crippen LogP) is 1.42. The molecule has 3 aromatic rings. The molecule has 0 bridgehead atoms. The molecule has 0 radical (unpaired) electrons. The van der Waals surface area contributed by atoms with Crippen LogP contribution in [-0.4, -0.2) is 65.0 Å². The Morgan fingerprint density at radius 1 is 1.03 bits per heavy atom. The fraction of sp³-hybridized carbons (Fsp3) is 0.350. The Kier molecular flexibility index (Phi) is 4.67. The van der Waals surface area contributed by atoms with Gasteiger partial charge in [0.1, 0.15) is 29.5 Å². The molecular weight excluding hydrogens is 404 g/mol. The molecule has 2 aromatic heterocycles. The van der Waals surface area contributed by atoms with Gasteiger partial charge in [-0.15, -0.1) is 0 Å². The third-order valence-electron chi connectivity index (χ3n) is 5.44. The molecule has 1 saturated heterocycles. The Bertz CT molecular complexity index is 1170. The van der Waals surface area contributed by atoms with Crippen LogP contribution in [0, 0.1) is 6.92 Å². The molecule has 0 N–H and O–H groups in total. The zero-order valence-corrected chi connectivity index (χ0v) is 17.4. The highest BCUT2D eigenvalue weighted by atomic mass is 32.2. The lowest BCUT2D eigenvalue weighted by Gasteiger charge is -2.34. The Hall–Kier alpha value is -2.98. The van der Waals surface area contributed by atoms with Crippen LogP contribution in [0.3, 0.4) is 0 Å². The van der Waals surface area contributed by atoms with Crippen molar-refractivity contribution in [2.24, 2.45) is 0 Å². The molecule has 10 heteroatoms. The van der Waals surface area contributed by atoms with Crippen molar-refractivity contribution in [2.75, 3.05) is 37.7 Å². The molecule has 0 unspecified atom stereocenters. The summed E-state index contributed by atoms with van der Waals surface area (Å²) in [6, 6.07) is 7.04. The molecule has 0 aliphatic carbocycles. The van der Waals surface area contributed by atoms with Crippen molar-refractivity contribution in [3.8, 4) is 11.6 Å². The molecule has 1 fully saturated rings. The lowest BCUT2D eigenvalue weighted by Crippen LogP contribution is -2.49. The number of sulfonamides is 1. The van der Waals surface area contributed by atoms with Gasteiger partial charge in [0.2, 0.25) is 10.0 Å². The topological polar surface area (TPSA) is 93.5 Å². The van der Waals surface area contributed by atoms with Crippen LogP contribution in [-0.2, 0) is 16.4 Å². The molecule has 156 valence electrons. The third kappa shape index (κ3) is 3.41. The van der Waals surface area contributed by atoms with E-state index in [1.165, 1.54) is 0 Å². The standard InChI is InChI=1S/C20H22N6O3S/c1-15-22-19(13-20(23-15)25-6-5-21-14-25)24-7-9-26(10-8-24)30(27,28)17-2-3-18-16(12-17)4-11-29-18/h2-3,5-6,12-14H,4,7-11H2,1H3. The van der Waals surface area contributed by atoms with Crippen molar-refractivity contribution in [2.45, 2.75) is 18.2 Å². The summed E-state index contributed by atoms with van der Waals surface area (Å²) in [6.07, 6.45) is 5.97. The first kappa shape index (κ1) is 19.0. The SMILES string of the molecule is Cc1nc(N2CCN(S(=O)(=O)c3ccc4c(c3)CCO4)CC2)cc(-n2ccnc2)n1. The summed E-state index contributed by atoms with van der Waals surface area (Å²) in [4.78, 5) is 15.5. The molecule has 9 nitrogen and oxygen atoms in total. The third-order valence-corrected chi connectivity index (χ3v) is 7.34. The number of rotatable bonds is 4. The van der Waals surface area contributed by atoms with Gasteiger partial charge < -0.3 is 9.64 Å². The van der Waals surface area contributed by atoms with E-state index in [1.807, 2.05) is 23.8 Å². The van der Waals surface area contributed by atoms with E-state index in [-0.39, 0.29) is 0 Å². The van der Waals surface area contributed by atoms with Crippen LogP contribution >= 0.6 is 0 Å². The maximum Gasteiger partial charge on any atom is 0.243 e. The fourth-order valence-electron chi connectivity index (χ4n) is 3.86. The molecule has 0 amide bonds. The molecule has 30 heavy (non-hydrogen) atoms. The van der Waals surface area contributed by atoms with E-state index < -0.39 is 10.0 Å². The first-order valence-corrected chi connectivity index (χ1v) is 11.3. The fourth-order valence-corrected chi connectivity index (χ4v) is 5.33. The molecule has 0 saturated carbocycles. The molecule has 1 aromatic carbocycles. The van der Waals surface area contributed by atoms with Crippen molar-refractivity contribution in [3.05, 3.63) is 54.4 Å². The zero-order valence-electron chi connectivity index (χ0n) is 16.6. The summed E-state index contributed by atoms with van der Waals surface area (Å²) in [5.41, 5.74) is 0.957. The maximum atomic E-state index is 13.1. The second kappa shape index (κ2) is 7.37. The van der Waals surface area contributed by atoms with E-state index in [9.17, 15) is 8.42 Å². The number of fused-ring (bicyclic) bond motifs is 1. The summed E-state index contributed by atoms with van der Waals surface area (Å²) in [7, 11) is -3.54. The van der Waals surface area contributed by atoms with E-state index in [4.69, 9.17) is 4.74 Å². The number of hydrogen-bond acceptors (Lipinski definition) is 7. The first-order valence-electron chi connectivity index (χ1n) is 9.85. The Morgan fingerprint density at radius 2 is 1.83 bits per heavy atom. The van der Waals surface area contributed by atoms with Gasteiger partial charge in [0.15, 0.2) is 0 Å². The summed E-state index contributed by atoms with van der Waals surface area (Å²) in [6.45, 7) is 4.39. The Labute approximate surface area is 175 Å². The number of nitrogens with zero attached hydrogens (tertiary/aromatic N) is 6. The van der Waals surface area contributed by atoms with Gasteiger partial charge in [-0.1, -0.05) is 0 Å². The normalized spacial score (nSPS) is 17.0. The number of aryl methyl sites for hydroxylation is 1. The van der Waals surface area contributed by atoms with Gasteiger partial charge >= 0.3 is 0 Å². The largest absolute Gasteiger partial charge is 0.493 e. The number of piperazine rings is 1. The average Bonchev–Trinajstić information content (AvgIpc) is 3.45. The van der Waals surface area contributed by atoms with Gasteiger partial charge in [-0.05, 0) is 30.7 Å². The van der Waals surface area contributed by atoms with Gasteiger partial charge in [0.05, 0.1) is 11.5 Å². The second-order valence-electron chi connectivity index (χ2n) is 7.36. The van der Waals surface area contributed by atoms with E-state index in [0.29, 0.717) is 43.5 Å². The summed E-state index contributed by atoms with van der Waals surface area (Å²) >= 11 is 0. The van der Waals surface area contributed by atoms with Crippen LogP contribution in [0.25, 0.3) is 5.82 Å². The van der Waals surface area contributed by atoms with Crippen LogP contribution in [0.1, 0.15) is 11.4 Å². The zero-order chi connectivity index (χ0) is 20.7. The van der Waals surface area contributed by atoms with Crippen molar-refractivity contribution < 1.29 is 13.2 Å². The second-order valence-corrected chi connectivity index (χ2v) is 9.30. The summed E-state index contributed by atoms with van der Waals surface area (Å²) in [5, 5.41) is 0. The van der Waals surface area contributed by atoms with Gasteiger partial charge in [-0.3, -0.25) is 4.57 Å². The highest BCUT2D eigenvalue weighted by molar-refractivity contribution is 7.89. The lowest BCUT2D eigenvalue weighted by molar-refractivity contribution is 0.356. The lowest BCUT2D eigenvalue weighted by atomic mass is 10.2. The Balaban J connectivity index is 1.33. The van der Waals surface area contributed by atoms with Crippen molar-refractivity contribution in [1.29, 1.82) is 0 Å². The van der Waals surface area contributed by atoms with Gasteiger partial charge in [0, 0.05) is 51.1 Å². The van der Waals surface area contributed by atoms with E-state index in [2.05, 4.69) is 19.9 Å². The molecule has 2 aliphatic rings. The molecule has 5 rings (SSSR count). The van der Waals surface area contributed by atoms with Gasteiger partial charge in [0.25, 0.3) is 0 Å². The smallest absolute Gasteiger partial charge is 0.243 e. The minimum Gasteiger partial charge on any atom is -0.493 e. The van der Waals surface area contributed by atoms with E-state index >= 15 is 0 Å². The molecule has 4 heterocycles. The predicted molar refractivity (Wildman–Crippen MR) is 111 cm³/mol. The first-order chi connectivity index (χ1) is 14.5. The van der Waals surface area contributed by atoms with E-state index in [1.54, 1.807) is 35.0 Å². The van der Waals surface area contributed by atoms with Crippen LogP contribution < -0.4 is 9.64 Å². The summed E-state index contributed by atoms with van der Waals surface area (Å²) in [5.74, 6) is 2.97. The minimum absolute atomic E-state index is 0.334. The van der Waals surface area contributed by atoms with Crippen molar-refractivity contribution >= 4 is 15.8 Å². The molecule has 0 atom stereocenters. The van der Waals surface area contributed by atoms with Gasteiger partial charge in [-0.2, -0.15) is 4.31 Å². The van der Waals surface area contributed by atoms with Crippen LogP contribution in [0.5, 0.6) is 5.75 Å². The Morgan fingerprint density at radius 3 is 2.60 bits per heavy atom. The number of benzene rings is 1. The maximum absolute atomic E-state index is 13.1. The number of imidazole rings is 1. The van der Waals surface area contributed by atoms with Crippen LogP contribution in [0.4, 0.5) is 5.82 Å². The number of aromatic nitrogens is 4. The molecular formula is C20H22N6O3S. The minimum atomic E-state index is -3.54. The number of ether oxygens (including phenoxy) is 1. The molecule has 2 aliphatic heterocycles. The van der Waals surface area contributed by atoms with Crippen molar-refractivity contribution in [3.63, 3.8) is 0 Å². The highest BCUT2D eigenvalue weighted by Crippen LogP contribution is 2.29. The van der Waals surface area contributed by atoms with Crippen LogP contribution in [0.15, 0.2) is 47.9 Å². The number of hydrogen-bond donors (Lipinski definition) is 0. The van der Waals surface area contributed by atoms with Crippen LogP contribution in [0.2, 0.25) is 0 Å². The summed E-state index contributed by atoms with van der Waals surface area (Å²) < 4.78 is 35.1. The highest BCUT2D eigenvalue weighted by Gasteiger charge is 2.30. The number of anilines is 1. The van der Waals surface area contributed by atoms with Crippen molar-refractivity contribution in [1.82, 2.24) is 23.8 Å².